The summed E-state index contributed by atoms with van der Waals surface area (Å²) in [5.74, 6) is -0.298. The molecule has 158 valence electrons. The van der Waals surface area contributed by atoms with Crippen molar-refractivity contribution in [2.24, 2.45) is 5.92 Å². The topological polar surface area (TPSA) is 94.3 Å². The number of hydrogen-bond donors (Lipinski definition) is 1. The van der Waals surface area contributed by atoms with Crippen LogP contribution >= 0.6 is 11.8 Å². The van der Waals surface area contributed by atoms with Gasteiger partial charge in [0.2, 0.25) is 11.8 Å². The molecule has 0 radical (unpaired) electrons. The van der Waals surface area contributed by atoms with Crippen LogP contribution in [-0.2, 0) is 19.7 Å². The number of thioether (sulfide) groups is 1. The maximum Gasteiger partial charge on any atom is 0.328 e. The first-order valence-corrected chi connectivity index (χ1v) is 10.6. The Bertz CT molecular complexity index is 827. The largest absolute Gasteiger partial charge is 0.467 e. The number of amides is 1. The van der Waals surface area contributed by atoms with Crippen molar-refractivity contribution in [3.63, 3.8) is 0 Å². The molecule has 0 fully saturated rings. The smallest absolute Gasteiger partial charge is 0.328 e. The number of nitrogens with one attached hydrogen (secondary N) is 1. The van der Waals surface area contributed by atoms with E-state index in [2.05, 4.69) is 36.3 Å². The van der Waals surface area contributed by atoms with Crippen molar-refractivity contribution in [3.8, 4) is 11.5 Å². The van der Waals surface area contributed by atoms with Gasteiger partial charge >= 0.3 is 5.97 Å². The van der Waals surface area contributed by atoms with E-state index >= 15 is 0 Å². The van der Waals surface area contributed by atoms with Gasteiger partial charge < -0.3 is 14.5 Å². The van der Waals surface area contributed by atoms with E-state index in [-0.39, 0.29) is 23.0 Å². The van der Waals surface area contributed by atoms with E-state index in [1.807, 2.05) is 38.1 Å². The molecule has 1 aromatic carbocycles. The maximum atomic E-state index is 12.2. The van der Waals surface area contributed by atoms with E-state index < -0.39 is 12.0 Å². The zero-order valence-corrected chi connectivity index (χ0v) is 18.6. The number of esters is 1. The van der Waals surface area contributed by atoms with Crippen molar-refractivity contribution in [3.05, 3.63) is 29.8 Å². The van der Waals surface area contributed by atoms with Crippen LogP contribution in [0.4, 0.5) is 0 Å². The lowest BCUT2D eigenvalue weighted by Crippen LogP contribution is -2.46. The third-order valence-electron chi connectivity index (χ3n) is 4.72. The van der Waals surface area contributed by atoms with Crippen LogP contribution < -0.4 is 5.32 Å². The summed E-state index contributed by atoms with van der Waals surface area (Å²) in [4.78, 5) is 24.1. The van der Waals surface area contributed by atoms with E-state index in [0.29, 0.717) is 11.1 Å². The molecule has 1 N–H and O–H groups in total. The molecule has 2 rings (SSSR count). The van der Waals surface area contributed by atoms with Gasteiger partial charge in [0, 0.05) is 5.56 Å². The number of methoxy groups -OCH3 is 1. The highest BCUT2D eigenvalue weighted by atomic mass is 32.2. The molecule has 0 aliphatic rings. The quantitative estimate of drug-likeness (QED) is 0.513. The van der Waals surface area contributed by atoms with Gasteiger partial charge in [-0.2, -0.15) is 0 Å². The van der Waals surface area contributed by atoms with E-state index in [1.54, 1.807) is 0 Å². The molecule has 0 aliphatic heterocycles. The van der Waals surface area contributed by atoms with Crippen molar-refractivity contribution in [1.29, 1.82) is 0 Å². The Morgan fingerprint density at radius 1 is 1.21 bits per heavy atom. The molecular formula is C21H29N3O4S. The number of benzene rings is 1. The Kier molecular flexibility index (Phi) is 7.84. The lowest BCUT2D eigenvalue weighted by molar-refractivity contribution is -0.146. The fourth-order valence-corrected chi connectivity index (χ4v) is 3.21. The molecule has 2 atom stereocenters. The van der Waals surface area contributed by atoms with Crippen LogP contribution in [0.5, 0.6) is 0 Å². The molecule has 2 aromatic rings. The van der Waals surface area contributed by atoms with E-state index in [0.717, 1.165) is 23.7 Å². The van der Waals surface area contributed by atoms with Gasteiger partial charge in [-0.25, -0.2) is 4.79 Å². The van der Waals surface area contributed by atoms with Crippen LogP contribution in [0.3, 0.4) is 0 Å². The molecule has 0 aliphatic carbocycles. The highest BCUT2D eigenvalue weighted by molar-refractivity contribution is 7.99. The second-order valence-corrected chi connectivity index (χ2v) is 8.87. The molecule has 29 heavy (non-hydrogen) atoms. The lowest BCUT2D eigenvalue weighted by Gasteiger charge is -2.21. The Balaban J connectivity index is 1.96. The summed E-state index contributed by atoms with van der Waals surface area (Å²) < 4.78 is 10.4. The third-order valence-corrected chi connectivity index (χ3v) is 5.53. The van der Waals surface area contributed by atoms with Gasteiger partial charge in [-0.1, -0.05) is 64.9 Å². The molecule has 0 spiro atoms. The van der Waals surface area contributed by atoms with Crippen molar-refractivity contribution in [1.82, 2.24) is 15.5 Å². The summed E-state index contributed by atoms with van der Waals surface area (Å²) in [7, 11) is 1.31. The monoisotopic (exact) mass is 419 g/mol. The summed E-state index contributed by atoms with van der Waals surface area (Å²) in [5.41, 5.74) is 2.11. The van der Waals surface area contributed by atoms with Gasteiger partial charge in [-0.05, 0) is 29.0 Å². The zero-order valence-electron chi connectivity index (χ0n) is 17.8. The Labute approximate surface area is 176 Å². The summed E-state index contributed by atoms with van der Waals surface area (Å²) >= 11 is 1.13. The van der Waals surface area contributed by atoms with Crippen LogP contribution in [0.2, 0.25) is 0 Å². The maximum absolute atomic E-state index is 12.2. The molecular weight excluding hydrogens is 390 g/mol. The van der Waals surface area contributed by atoms with Gasteiger partial charge in [-0.15, -0.1) is 10.2 Å². The van der Waals surface area contributed by atoms with Crippen LogP contribution in [0.1, 0.15) is 46.6 Å². The highest BCUT2D eigenvalue weighted by Gasteiger charge is 2.26. The Hall–Kier alpha value is -2.35. The second-order valence-electron chi connectivity index (χ2n) is 7.94. The van der Waals surface area contributed by atoms with Gasteiger partial charge in [0.25, 0.3) is 5.22 Å². The average Bonchev–Trinajstić information content (AvgIpc) is 3.18. The lowest BCUT2D eigenvalue weighted by atomic mass is 9.87. The van der Waals surface area contributed by atoms with Crippen molar-refractivity contribution in [2.75, 3.05) is 12.9 Å². The number of carbonyl (C=O) groups is 2. The molecule has 0 saturated carbocycles. The molecule has 0 saturated heterocycles. The standard InChI is InChI=1S/C21H29N3O4S/c1-7-13(2)17(19(26)27-6)22-16(25)12-29-20-24-23-18(28-20)14-8-10-15(11-9-14)21(3,4)5/h8-11,13,17H,7,12H2,1-6H3,(H,22,25)/t13-,17-/m1/s1. The first kappa shape index (κ1) is 22.9. The molecule has 1 aromatic heterocycles. The number of ether oxygens (including phenoxy) is 1. The number of carbonyl (C=O) groups excluding carboxylic acids is 2. The molecule has 1 heterocycles. The number of hydrogen-bond acceptors (Lipinski definition) is 7. The molecule has 8 heteroatoms. The van der Waals surface area contributed by atoms with Gasteiger partial charge in [0.05, 0.1) is 12.9 Å². The van der Waals surface area contributed by atoms with Gasteiger partial charge in [-0.3, -0.25) is 4.79 Å². The summed E-state index contributed by atoms with van der Waals surface area (Å²) in [6.45, 7) is 10.3. The highest BCUT2D eigenvalue weighted by Crippen LogP contribution is 2.27. The SMILES string of the molecule is CC[C@@H](C)[C@@H](NC(=O)CSc1nnc(-c2ccc(C(C)(C)C)cc2)o1)C(=O)OC. The zero-order chi connectivity index (χ0) is 21.6. The van der Waals surface area contributed by atoms with Crippen molar-refractivity contribution in [2.45, 2.75) is 57.7 Å². The van der Waals surface area contributed by atoms with E-state index in [1.165, 1.54) is 12.7 Å². The number of aromatic nitrogens is 2. The van der Waals surface area contributed by atoms with Gasteiger partial charge in [0.1, 0.15) is 6.04 Å². The normalized spacial score (nSPS) is 13.6. The predicted molar refractivity (Wildman–Crippen MR) is 113 cm³/mol. The van der Waals surface area contributed by atoms with Crippen molar-refractivity contribution >= 4 is 23.6 Å². The third kappa shape index (κ3) is 6.32. The molecule has 0 bridgehead atoms. The summed E-state index contributed by atoms with van der Waals surface area (Å²) in [5, 5.41) is 11.1. The van der Waals surface area contributed by atoms with Crippen LogP contribution in [0.15, 0.2) is 33.9 Å². The average molecular weight is 420 g/mol. The number of nitrogens with zero attached hydrogens (tertiary/aromatic N) is 2. The Morgan fingerprint density at radius 3 is 2.41 bits per heavy atom. The summed E-state index contributed by atoms with van der Waals surface area (Å²) in [6, 6.07) is 7.31. The Morgan fingerprint density at radius 2 is 1.86 bits per heavy atom. The fourth-order valence-electron chi connectivity index (χ4n) is 2.64. The first-order chi connectivity index (χ1) is 13.7. The first-order valence-electron chi connectivity index (χ1n) is 9.60. The fraction of sp³-hybridized carbons (Fsp3) is 0.524. The van der Waals surface area contributed by atoms with E-state index in [4.69, 9.17) is 9.15 Å². The minimum absolute atomic E-state index is 0.0255. The number of rotatable bonds is 8. The molecule has 1 amide bonds. The van der Waals surface area contributed by atoms with Crippen molar-refractivity contribution < 1.29 is 18.7 Å². The summed E-state index contributed by atoms with van der Waals surface area (Å²) in [6.07, 6.45) is 0.744. The second kappa shape index (κ2) is 9.91. The van der Waals surface area contributed by atoms with Crippen LogP contribution in [0, 0.1) is 5.92 Å². The van der Waals surface area contributed by atoms with E-state index in [9.17, 15) is 9.59 Å². The predicted octanol–water partition coefficient (Wildman–Crippen LogP) is 3.83. The van der Waals surface area contributed by atoms with Crippen LogP contribution in [0.25, 0.3) is 11.5 Å². The van der Waals surface area contributed by atoms with Crippen LogP contribution in [-0.4, -0.2) is 41.0 Å². The minimum atomic E-state index is -0.669. The molecule has 7 nitrogen and oxygen atoms in total. The van der Waals surface area contributed by atoms with Gasteiger partial charge in [0.15, 0.2) is 0 Å². The molecule has 0 unspecified atom stereocenters. The minimum Gasteiger partial charge on any atom is -0.467 e.